The Morgan fingerprint density at radius 3 is 2.50 bits per heavy atom. The molecule has 0 saturated carbocycles. The van der Waals surface area contributed by atoms with Crippen molar-refractivity contribution in [3.05, 3.63) is 78.4 Å². The number of nitrogens with one attached hydrogen (secondary N) is 1. The van der Waals surface area contributed by atoms with Crippen LogP contribution < -0.4 is 14.9 Å². The van der Waals surface area contributed by atoms with Gasteiger partial charge < -0.3 is 14.6 Å². The molecule has 0 atom stereocenters. The van der Waals surface area contributed by atoms with E-state index in [0.29, 0.717) is 17.1 Å². The molecule has 3 aromatic rings. The molecule has 0 fully saturated rings. The molecule has 0 aliphatic heterocycles. The van der Waals surface area contributed by atoms with Crippen LogP contribution in [0.5, 0.6) is 17.2 Å². The van der Waals surface area contributed by atoms with E-state index in [9.17, 15) is 9.90 Å². The minimum Gasteiger partial charge on any atom is -0.504 e. The fourth-order valence-corrected chi connectivity index (χ4v) is 2.61. The highest BCUT2D eigenvalue weighted by molar-refractivity contribution is 5.86. The van der Waals surface area contributed by atoms with Gasteiger partial charge in [0.15, 0.2) is 18.1 Å². The number of benzene rings is 3. The van der Waals surface area contributed by atoms with Crippen molar-refractivity contribution in [2.24, 2.45) is 5.10 Å². The summed E-state index contributed by atoms with van der Waals surface area (Å²) in [5.41, 5.74) is 4.71. The number of nitrogens with zero attached hydrogens (tertiary/aromatic N) is 1. The molecule has 0 aliphatic carbocycles. The molecule has 6 nitrogen and oxygen atoms in total. The summed E-state index contributed by atoms with van der Waals surface area (Å²) in [6, 6.07) is 22.3. The van der Waals surface area contributed by atoms with E-state index in [0.717, 1.165) is 11.1 Å². The molecule has 0 heterocycles. The van der Waals surface area contributed by atoms with Crippen molar-refractivity contribution >= 4 is 12.1 Å². The normalized spacial score (nSPS) is 10.6. The second kappa shape index (κ2) is 9.23. The Labute approximate surface area is 163 Å². The predicted octanol–water partition coefficient (Wildman–Crippen LogP) is 3.60. The van der Waals surface area contributed by atoms with Crippen LogP contribution in [0.3, 0.4) is 0 Å². The van der Waals surface area contributed by atoms with Crippen molar-refractivity contribution in [3.63, 3.8) is 0 Å². The van der Waals surface area contributed by atoms with Crippen LogP contribution in [0.15, 0.2) is 77.9 Å². The molecule has 28 heavy (non-hydrogen) atoms. The van der Waals surface area contributed by atoms with Gasteiger partial charge in [-0.3, -0.25) is 4.79 Å². The summed E-state index contributed by atoms with van der Waals surface area (Å²) in [5.74, 6) is 0.479. The molecule has 0 unspecified atom stereocenters. The number of amides is 1. The number of ether oxygens (including phenoxy) is 2. The summed E-state index contributed by atoms with van der Waals surface area (Å²) in [5, 5.41) is 13.8. The van der Waals surface area contributed by atoms with Gasteiger partial charge in [0, 0.05) is 11.1 Å². The van der Waals surface area contributed by atoms with Crippen molar-refractivity contribution in [1.29, 1.82) is 0 Å². The number of hydrazone groups is 1. The largest absolute Gasteiger partial charge is 0.504 e. The van der Waals surface area contributed by atoms with Gasteiger partial charge >= 0.3 is 0 Å². The molecule has 2 N–H and O–H groups in total. The van der Waals surface area contributed by atoms with Crippen molar-refractivity contribution in [2.75, 3.05) is 13.7 Å². The first-order valence-corrected chi connectivity index (χ1v) is 8.64. The summed E-state index contributed by atoms with van der Waals surface area (Å²) in [7, 11) is 1.46. The van der Waals surface area contributed by atoms with Gasteiger partial charge in [0.25, 0.3) is 5.91 Å². The third-order valence-electron chi connectivity index (χ3n) is 3.97. The number of hydrogen-bond donors (Lipinski definition) is 2. The van der Waals surface area contributed by atoms with Crippen LogP contribution in [0.4, 0.5) is 0 Å². The van der Waals surface area contributed by atoms with Crippen LogP contribution in [-0.4, -0.2) is 30.9 Å². The lowest BCUT2D eigenvalue weighted by Crippen LogP contribution is -2.24. The highest BCUT2D eigenvalue weighted by Gasteiger charge is 2.08. The smallest absolute Gasteiger partial charge is 0.277 e. The molecule has 0 radical (unpaired) electrons. The fraction of sp³-hybridized carbons (Fsp3) is 0.0909. The molecule has 0 spiro atoms. The van der Waals surface area contributed by atoms with Crippen molar-refractivity contribution < 1.29 is 19.4 Å². The third-order valence-corrected chi connectivity index (χ3v) is 3.97. The van der Waals surface area contributed by atoms with Gasteiger partial charge in [0.1, 0.15) is 5.75 Å². The Bertz CT molecular complexity index is 971. The van der Waals surface area contributed by atoms with Gasteiger partial charge in [0.2, 0.25) is 0 Å². The molecule has 3 aromatic carbocycles. The quantitative estimate of drug-likeness (QED) is 0.488. The number of para-hydroxylation sites is 2. The lowest BCUT2D eigenvalue weighted by Gasteiger charge is -2.11. The predicted molar refractivity (Wildman–Crippen MR) is 108 cm³/mol. The van der Waals surface area contributed by atoms with E-state index in [1.54, 1.807) is 18.2 Å². The maximum atomic E-state index is 12.0. The Hall–Kier alpha value is -3.80. The van der Waals surface area contributed by atoms with Gasteiger partial charge in [-0.25, -0.2) is 5.43 Å². The SMILES string of the molecule is COc1cccc(/C=N/NC(=O)COc2ccccc2-c2ccccc2)c1O. The number of methoxy groups -OCH3 is 1. The highest BCUT2D eigenvalue weighted by Crippen LogP contribution is 2.29. The Morgan fingerprint density at radius 2 is 1.71 bits per heavy atom. The molecule has 3 rings (SSSR count). The molecule has 0 bridgehead atoms. The summed E-state index contributed by atoms with van der Waals surface area (Å²) in [6.07, 6.45) is 1.34. The monoisotopic (exact) mass is 376 g/mol. The molecular weight excluding hydrogens is 356 g/mol. The van der Waals surface area contributed by atoms with E-state index >= 15 is 0 Å². The third kappa shape index (κ3) is 4.67. The molecular formula is C22H20N2O4. The summed E-state index contributed by atoms with van der Waals surface area (Å²) >= 11 is 0. The van der Waals surface area contributed by atoms with Gasteiger partial charge in [0.05, 0.1) is 13.3 Å². The average Bonchev–Trinajstić information content (AvgIpc) is 2.74. The van der Waals surface area contributed by atoms with Crippen LogP contribution in [0.25, 0.3) is 11.1 Å². The summed E-state index contributed by atoms with van der Waals surface area (Å²) < 4.78 is 10.7. The zero-order chi connectivity index (χ0) is 19.8. The van der Waals surface area contributed by atoms with Gasteiger partial charge in [-0.2, -0.15) is 5.10 Å². The topological polar surface area (TPSA) is 80.2 Å². The van der Waals surface area contributed by atoms with Gasteiger partial charge in [-0.15, -0.1) is 0 Å². The average molecular weight is 376 g/mol. The van der Waals surface area contributed by atoms with Crippen molar-refractivity contribution in [2.45, 2.75) is 0 Å². The summed E-state index contributed by atoms with van der Waals surface area (Å²) in [4.78, 5) is 12.0. The van der Waals surface area contributed by atoms with E-state index in [4.69, 9.17) is 9.47 Å². The standard InChI is InChI=1S/C22H20N2O4/c1-27-20-13-7-10-17(22(20)26)14-23-24-21(25)15-28-19-12-6-5-11-18(19)16-8-3-2-4-9-16/h2-14,26H,15H2,1H3,(H,24,25)/b23-14+. The Balaban J connectivity index is 1.60. The Kier molecular flexibility index (Phi) is 6.25. The number of carbonyl (C=O) groups is 1. The number of rotatable bonds is 7. The first-order chi connectivity index (χ1) is 13.7. The van der Waals surface area contributed by atoms with Gasteiger partial charge in [-0.05, 0) is 23.8 Å². The van der Waals surface area contributed by atoms with E-state index in [1.807, 2.05) is 54.6 Å². The maximum Gasteiger partial charge on any atom is 0.277 e. The first-order valence-electron chi connectivity index (χ1n) is 8.64. The van der Waals surface area contributed by atoms with Crippen LogP contribution in [0.2, 0.25) is 0 Å². The lowest BCUT2D eigenvalue weighted by molar-refractivity contribution is -0.123. The van der Waals surface area contributed by atoms with E-state index in [-0.39, 0.29) is 12.4 Å². The Morgan fingerprint density at radius 1 is 1.00 bits per heavy atom. The minimum atomic E-state index is -0.415. The maximum absolute atomic E-state index is 12.0. The number of hydrogen-bond acceptors (Lipinski definition) is 5. The van der Waals surface area contributed by atoms with Crippen molar-refractivity contribution in [1.82, 2.24) is 5.43 Å². The number of phenolic OH excluding ortho intramolecular Hbond substituents is 1. The van der Waals surface area contributed by atoms with E-state index in [1.165, 1.54) is 13.3 Å². The number of phenols is 1. The molecule has 1 amide bonds. The first kappa shape index (κ1) is 19.0. The number of aromatic hydroxyl groups is 1. The molecule has 6 heteroatoms. The van der Waals surface area contributed by atoms with Crippen LogP contribution in [-0.2, 0) is 4.79 Å². The minimum absolute atomic E-state index is 0.0453. The zero-order valence-electron chi connectivity index (χ0n) is 15.3. The van der Waals surface area contributed by atoms with Crippen LogP contribution in [0.1, 0.15) is 5.56 Å². The van der Waals surface area contributed by atoms with Crippen LogP contribution >= 0.6 is 0 Å². The molecule has 0 saturated heterocycles. The van der Waals surface area contributed by atoms with Crippen LogP contribution in [0, 0.1) is 0 Å². The highest BCUT2D eigenvalue weighted by atomic mass is 16.5. The molecule has 142 valence electrons. The van der Waals surface area contributed by atoms with E-state index in [2.05, 4.69) is 10.5 Å². The second-order valence-electron chi connectivity index (χ2n) is 5.84. The second-order valence-corrected chi connectivity index (χ2v) is 5.84. The van der Waals surface area contributed by atoms with E-state index < -0.39 is 5.91 Å². The van der Waals surface area contributed by atoms with Gasteiger partial charge in [-0.1, -0.05) is 54.6 Å². The zero-order valence-corrected chi connectivity index (χ0v) is 15.3. The fourth-order valence-electron chi connectivity index (χ4n) is 2.61. The van der Waals surface area contributed by atoms with Crippen molar-refractivity contribution in [3.8, 4) is 28.4 Å². The number of carbonyl (C=O) groups excluding carboxylic acids is 1. The molecule has 0 aliphatic rings. The molecule has 0 aromatic heterocycles. The lowest BCUT2D eigenvalue weighted by atomic mass is 10.1. The summed E-state index contributed by atoms with van der Waals surface area (Å²) in [6.45, 7) is -0.189.